The quantitative estimate of drug-likeness (QED) is 0.696. The fourth-order valence-electron chi connectivity index (χ4n) is 1.73. The van der Waals surface area contributed by atoms with Gasteiger partial charge in [-0.1, -0.05) is 0 Å². The number of ether oxygens (including phenoxy) is 1. The Kier molecular flexibility index (Phi) is 2.97. The van der Waals surface area contributed by atoms with Crippen molar-refractivity contribution in [2.24, 2.45) is 12.8 Å². The molecule has 2 heterocycles. The number of tetrazole rings is 1. The average molecular weight is 225 g/mol. The molecule has 1 saturated heterocycles. The van der Waals surface area contributed by atoms with E-state index in [1.54, 1.807) is 7.05 Å². The molecule has 0 bridgehead atoms. The normalized spacial score (nSPS) is 19.6. The SMILES string of the molecule is Cn1nnc(CC(=O)C2(N)CCOCC2)n1. The first-order valence-corrected chi connectivity index (χ1v) is 5.23. The number of ketones is 1. The van der Waals surface area contributed by atoms with Gasteiger partial charge in [-0.05, 0) is 18.1 Å². The Balaban J connectivity index is 2.01. The van der Waals surface area contributed by atoms with E-state index in [4.69, 9.17) is 10.5 Å². The molecule has 0 saturated carbocycles. The number of carbonyl (C=O) groups is 1. The summed E-state index contributed by atoms with van der Waals surface area (Å²) >= 11 is 0. The van der Waals surface area contributed by atoms with Gasteiger partial charge in [-0.25, -0.2) is 0 Å². The minimum absolute atomic E-state index is 0.0381. The molecule has 2 N–H and O–H groups in total. The van der Waals surface area contributed by atoms with E-state index in [0.717, 1.165) is 0 Å². The number of nitrogens with two attached hydrogens (primary N) is 1. The Hall–Kier alpha value is -1.34. The number of Topliss-reactive ketones (excluding diaryl/α,β-unsaturated/α-hetero) is 1. The van der Waals surface area contributed by atoms with Crippen molar-refractivity contribution in [1.29, 1.82) is 0 Å². The van der Waals surface area contributed by atoms with E-state index in [1.807, 2.05) is 0 Å². The number of hydrogen-bond donors (Lipinski definition) is 1. The van der Waals surface area contributed by atoms with Crippen LogP contribution in [0.15, 0.2) is 0 Å². The van der Waals surface area contributed by atoms with Crippen LogP contribution in [-0.4, -0.2) is 44.7 Å². The first-order chi connectivity index (χ1) is 7.60. The number of aromatic nitrogens is 4. The van der Waals surface area contributed by atoms with Crippen molar-refractivity contribution in [2.75, 3.05) is 13.2 Å². The predicted octanol–water partition coefficient (Wildman–Crippen LogP) is -1.17. The molecule has 88 valence electrons. The molecule has 0 unspecified atom stereocenters. The van der Waals surface area contributed by atoms with Crippen LogP contribution in [0.1, 0.15) is 18.7 Å². The van der Waals surface area contributed by atoms with E-state index in [2.05, 4.69) is 15.4 Å². The van der Waals surface area contributed by atoms with Gasteiger partial charge in [0, 0.05) is 13.2 Å². The van der Waals surface area contributed by atoms with Gasteiger partial charge in [0.15, 0.2) is 11.6 Å². The molecule has 1 fully saturated rings. The fraction of sp³-hybridized carbons (Fsp3) is 0.778. The molecule has 0 spiro atoms. The molecule has 0 radical (unpaired) electrons. The molecule has 1 aliphatic rings. The Morgan fingerprint density at radius 3 is 2.81 bits per heavy atom. The maximum atomic E-state index is 12.0. The van der Waals surface area contributed by atoms with Crippen molar-refractivity contribution < 1.29 is 9.53 Å². The lowest BCUT2D eigenvalue weighted by atomic mass is 9.85. The summed E-state index contributed by atoms with van der Waals surface area (Å²) in [6.45, 7) is 1.08. The second-order valence-electron chi connectivity index (χ2n) is 4.06. The Morgan fingerprint density at radius 1 is 1.56 bits per heavy atom. The molecule has 1 aromatic heterocycles. The number of aryl methyl sites for hydroxylation is 1. The van der Waals surface area contributed by atoms with Crippen LogP contribution < -0.4 is 5.73 Å². The largest absolute Gasteiger partial charge is 0.381 e. The topological polar surface area (TPSA) is 95.9 Å². The van der Waals surface area contributed by atoms with Gasteiger partial charge < -0.3 is 10.5 Å². The molecule has 16 heavy (non-hydrogen) atoms. The summed E-state index contributed by atoms with van der Waals surface area (Å²) in [6, 6.07) is 0. The fourth-order valence-corrected chi connectivity index (χ4v) is 1.73. The second-order valence-corrected chi connectivity index (χ2v) is 4.06. The number of rotatable bonds is 3. The van der Waals surface area contributed by atoms with E-state index in [1.165, 1.54) is 4.80 Å². The summed E-state index contributed by atoms with van der Waals surface area (Å²) in [6.07, 6.45) is 1.27. The van der Waals surface area contributed by atoms with Crippen LogP contribution in [0.4, 0.5) is 0 Å². The summed E-state index contributed by atoms with van der Waals surface area (Å²) in [5, 5.41) is 11.4. The second kappa shape index (κ2) is 4.26. The van der Waals surface area contributed by atoms with Gasteiger partial charge in [-0.2, -0.15) is 4.80 Å². The van der Waals surface area contributed by atoms with Crippen molar-refractivity contribution >= 4 is 5.78 Å². The lowest BCUT2D eigenvalue weighted by Crippen LogP contribution is -2.52. The highest BCUT2D eigenvalue weighted by molar-refractivity contribution is 5.89. The van der Waals surface area contributed by atoms with Gasteiger partial charge in [0.1, 0.15) is 0 Å². The van der Waals surface area contributed by atoms with Crippen LogP contribution in [-0.2, 0) is 23.0 Å². The van der Waals surface area contributed by atoms with E-state index in [-0.39, 0.29) is 12.2 Å². The van der Waals surface area contributed by atoms with Gasteiger partial charge >= 0.3 is 0 Å². The van der Waals surface area contributed by atoms with Crippen LogP contribution in [0.5, 0.6) is 0 Å². The van der Waals surface area contributed by atoms with E-state index in [9.17, 15) is 4.79 Å². The predicted molar refractivity (Wildman–Crippen MR) is 54.5 cm³/mol. The first-order valence-electron chi connectivity index (χ1n) is 5.23. The lowest BCUT2D eigenvalue weighted by molar-refractivity contribution is -0.127. The highest BCUT2D eigenvalue weighted by Crippen LogP contribution is 2.19. The molecule has 1 aromatic rings. The molecular weight excluding hydrogens is 210 g/mol. The molecule has 1 aliphatic heterocycles. The highest BCUT2D eigenvalue weighted by atomic mass is 16.5. The van der Waals surface area contributed by atoms with E-state index >= 15 is 0 Å². The standard InChI is InChI=1S/C9H15N5O2/c1-14-12-8(11-13-14)6-7(15)9(10)2-4-16-5-3-9/h2-6,10H2,1H3. The zero-order valence-corrected chi connectivity index (χ0v) is 9.22. The third-order valence-electron chi connectivity index (χ3n) is 2.81. The Morgan fingerprint density at radius 2 is 2.25 bits per heavy atom. The summed E-state index contributed by atoms with van der Waals surface area (Å²) < 4.78 is 5.19. The van der Waals surface area contributed by atoms with Crippen molar-refractivity contribution in [3.63, 3.8) is 0 Å². The van der Waals surface area contributed by atoms with Crippen LogP contribution in [0.2, 0.25) is 0 Å². The van der Waals surface area contributed by atoms with E-state index < -0.39 is 5.54 Å². The van der Waals surface area contributed by atoms with Crippen molar-refractivity contribution in [3.8, 4) is 0 Å². The van der Waals surface area contributed by atoms with Gasteiger partial charge in [0.25, 0.3) is 0 Å². The third kappa shape index (κ3) is 2.25. The summed E-state index contributed by atoms with van der Waals surface area (Å²) in [4.78, 5) is 13.3. The molecule has 0 aliphatic carbocycles. The van der Waals surface area contributed by atoms with Crippen molar-refractivity contribution in [3.05, 3.63) is 5.82 Å². The molecule has 0 aromatic carbocycles. The zero-order valence-electron chi connectivity index (χ0n) is 9.22. The summed E-state index contributed by atoms with van der Waals surface area (Å²) in [7, 11) is 1.66. The smallest absolute Gasteiger partial charge is 0.182 e. The molecule has 7 nitrogen and oxygen atoms in total. The number of hydrogen-bond acceptors (Lipinski definition) is 6. The molecular formula is C9H15N5O2. The van der Waals surface area contributed by atoms with Crippen molar-refractivity contribution in [2.45, 2.75) is 24.8 Å². The molecule has 7 heteroatoms. The molecule has 2 rings (SSSR count). The highest BCUT2D eigenvalue weighted by Gasteiger charge is 2.36. The maximum Gasteiger partial charge on any atom is 0.182 e. The zero-order chi connectivity index (χ0) is 11.6. The average Bonchev–Trinajstić information content (AvgIpc) is 2.65. The van der Waals surface area contributed by atoms with Crippen LogP contribution in [0, 0.1) is 0 Å². The van der Waals surface area contributed by atoms with Crippen molar-refractivity contribution in [1.82, 2.24) is 20.2 Å². The summed E-state index contributed by atoms with van der Waals surface area (Å²) in [5.41, 5.74) is 5.26. The Labute approximate surface area is 92.9 Å². The van der Waals surface area contributed by atoms with Gasteiger partial charge in [-0.3, -0.25) is 4.79 Å². The minimum atomic E-state index is -0.780. The summed E-state index contributed by atoms with van der Waals surface area (Å²) in [5.74, 6) is 0.382. The van der Waals surface area contributed by atoms with Gasteiger partial charge in [0.05, 0.1) is 19.0 Å². The van der Waals surface area contributed by atoms with Gasteiger partial charge in [-0.15, -0.1) is 10.2 Å². The lowest BCUT2D eigenvalue weighted by Gasteiger charge is -2.31. The van der Waals surface area contributed by atoms with Gasteiger partial charge in [0.2, 0.25) is 0 Å². The third-order valence-corrected chi connectivity index (χ3v) is 2.81. The number of carbonyl (C=O) groups excluding carboxylic acids is 1. The number of nitrogens with zero attached hydrogens (tertiary/aromatic N) is 4. The Bertz CT molecular complexity index is 383. The minimum Gasteiger partial charge on any atom is -0.381 e. The first kappa shape index (κ1) is 11.2. The van der Waals surface area contributed by atoms with Crippen LogP contribution >= 0.6 is 0 Å². The van der Waals surface area contributed by atoms with Crippen LogP contribution in [0.25, 0.3) is 0 Å². The monoisotopic (exact) mass is 225 g/mol. The maximum absolute atomic E-state index is 12.0. The molecule has 0 amide bonds. The van der Waals surface area contributed by atoms with Crippen LogP contribution in [0.3, 0.4) is 0 Å². The van der Waals surface area contributed by atoms with E-state index in [0.29, 0.717) is 31.9 Å². The molecule has 0 atom stereocenters.